The van der Waals surface area contributed by atoms with Crippen LogP contribution in [0.15, 0.2) is 6.07 Å². The van der Waals surface area contributed by atoms with Gasteiger partial charge >= 0.3 is 0 Å². The summed E-state index contributed by atoms with van der Waals surface area (Å²) in [4.78, 5) is 8.71. The second kappa shape index (κ2) is 8.82. The summed E-state index contributed by atoms with van der Waals surface area (Å²) in [5, 5.41) is 3.46. The summed E-state index contributed by atoms with van der Waals surface area (Å²) >= 11 is 0. The molecule has 108 valence electrons. The molecule has 1 unspecified atom stereocenters. The smallest absolute Gasteiger partial charge is 0.216 e. The van der Waals surface area contributed by atoms with Crippen molar-refractivity contribution >= 4 is 0 Å². The molecule has 0 radical (unpaired) electrons. The normalized spacial score (nSPS) is 12.4. The van der Waals surface area contributed by atoms with Crippen LogP contribution in [0.4, 0.5) is 0 Å². The van der Waals surface area contributed by atoms with E-state index in [9.17, 15) is 0 Å². The van der Waals surface area contributed by atoms with Gasteiger partial charge < -0.3 is 14.8 Å². The van der Waals surface area contributed by atoms with Crippen molar-refractivity contribution in [3.8, 4) is 5.88 Å². The zero-order chi connectivity index (χ0) is 14.1. The van der Waals surface area contributed by atoms with E-state index in [1.54, 1.807) is 7.11 Å². The number of rotatable bonds is 9. The molecule has 1 heterocycles. The molecule has 0 aromatic carbocycles. The van der Waals surface area contributed by atoms with Gasteiger partial charge in [0, 0.05) is 31.3 Å². The first kappa shape index (κ1) is 15.9. The number of methoxy groups -OCH3 is 1. The topological polar surface area (TPSA) is 56.3 Å². The fraction of sp³-hybridized carbons (Fsp3) is 0.714. The number of aryl methyl sites for hydroxylation is 1. The van der Waals surface area contributed by atoms with Crippen LogP contribution in [0, 0.1) is 6.92 Å². The van der Waals surface area contributed by atoms with Crippen LogP contribution in [0.25, 0.3) is 0 Å². The Morgan fingerprint density at radius 1 is 1.32 bits per heavy atom. The van der Waals surface area contributed by atoms with E-state index in [0.29, 0.717) is 19.1 Å². The second-order valence-corrected chi connectivity index (χ2v) is 4.49. The Bertz CT molecular complexity index is 372. The number of aromatic nitrogens is 2. The van der Waals surface area contributed by atoms with Gasteiger partial charge in [-0.1, -0.05) is 6.92 Å². The molecule has 1 aromatic rings. The Morgan fingerprint density at radius 2 is 2.11 bits per heavy atom. The van der Waals surface area contributed by atoms with Gasteiger partial charge in [-0.25, -0.2) is 4.98 Å². The molecule has 5 heteroatoms. The standard InChI is InChI=1S/C14H25N3O2/c1-5-7-15-13(10-18-4)8-12-9-14(19-6-2)17-11(3)16-12/h9,13,15H,5-8,10H2,1-4H3. The molecule has 0 fully saturated rings. The van der Waals surface area contributed by atoms with Crippen molar-refractivity contribution in [2.24, 2.45) is 0 Å². The number of nitrogens with zero attached hydrogens (tertiary/aromatic N) is 2. The minimum atomic E-state index is 0.272. The molecule has 5 nitrogen and oxygen atoms in total. The minimum absolute atomic E-state index is 0.272. The Kier molecular flexibility index (Phi) is 7.36. The lowest BCUT2D eigenvalue weighted by atomic mass is 10.1. The molecular weight excluding hydrogens is 242 g/mol. The van der Waals surface area contributed by atoms with Crippen LogP contribution in [0.2, 0.25) is 0 Å². The van der Waals surface area contributed by atoms with Crippen LogP contribution >= 0.6 is 0 Å². The molecule has 0 amide bonds. The second-order valence-electron chi connectivity index (χ2n) is 4.49. The lowest BCUT2D eigenvalue weighted by Gasteiger charge is -2.17. The number of ether oxygens (including phenoxy) is 2. The maximum Gasteiger partial charge on any atom is 0.216 e. The summed E-state index contributed by atoms with van der Waals surface area (Å²) in [6, 6.07) is 2.18. The molecule has 0 saturated heterocycles. The van der Waals surface area contributed by atoms with Gasteiger partial charge in [0.15, 0.2) is 0 Å². The van der Waals surface area contributed by atoms with Gasteiger partial charge in [-0.2, -0.15) is 4.98 Å². The van der Waals surface area contributed by atoms with Crippen molar-refractivity contribution in [2.45, 2.75) is 39.7 Å². The van der Waals surface area contributed by atoms with E-state index in [-0.39, 0.29) is 6.04 Å². The third-order valence-electron chi connectivity index (χ3n) is 2.67. The Balaban J connectivity index is 2.71. The van der Waals surface area contributed by atoms with E-state index in [1.165, 1.54) is 0 Å². The Labute approximate surface area is 115 Å². The molecule has 0 spiro atoms. The quantitative estimate of drug-likeness (QED) is 0.738. The van der Waals surface area contributed by atoms with Crippen LogP contribution in [-0.4, -0.2) is 42.9 Å². The van der Waals surface area contributed by atoms with Gasteiger partial charge in [0.05, 0.1) is 13.2 Å². The average Bonchev–Trinajstić information content (AvgIpc) is 2.36. The predicted molar refractivity (Wildman–Crippen MR) is 75.6 cm³/mol. The SMILES string of the molecule is CCCNC(COC)Cc1cc(OCC)nc(C)n1. The maximum absolute atomic E-state index is 5.45. The zero-order valence-corrected chi connectivity index (χ0v) is 12.4. The summed E-state index contributed by atoms with van der Waals surface area (Å²) in [7, 11) is 1.72. The van der Waals surface area contributed by atoms with Crippen molar-refractivity contribution < 1.29 is 9.47 Å². The molecule has 0 aliphatic rings. The lowest BCUT2D eigenvalue weighted by molar-refractivity contribution is 0.165. The first-order chi connectivity index (χ1) is 9.19. The van der Waals surface area contributed by atoms with Gasteiger partial charge in [-0.15, -0.1) is 0 Å². The monoisotopic (exact) mass is 267 g/mol. The Hall–Kier alpha value is -1.20. The fourth-order valence-electron chi connectivity index (χ4n) is 1.92. The van der Waals surface area contributed by atoms with Gasteiger partial charge in [0.1, 0.15) is 5.82 Å². The summed E-state index contributed by atoms with van der Waals surface area (Å²) in [6.07, 6.45) is 1.92. The summed E-state index contributed by atoms with van der Waals surface area (Å²) in [5.74, 6) is 1.39. The Morgan fingerprint density at radius 3 is 2.74 bits per heavy atom. The predicted octanol–water partition coefficient (Wildman–Crippen LogP) is 1.74. The lowest BCUT2D eigenvalue weighted by Crippen LogP contribution is -2.36. The molecule has 0 aliphatic carbocycles. The first-order valence-corrected chi connectivity index (χ1v) is 6.89. The maximum atomic E-state index is 5.45. The number of hydrogen-bond donors (Lipinski definition) is 1. The summed E-state index contributed by atoms with van der Waals surface area (Å²) in [5.41, 5.74) is 0.988. The average molecular weight is 267 g/mol. The summed E-state index contributed by atoms with van der Waals surface area (Å²) < 4.78 is 10.7. The van der Waals surface area contributed by atoms with Crippen molar-refractivity contribution in [3.63, 3.8) is 0 Å². The summed E-state index contributed by atoms with van der Waals surface area (Å²) in [6.45, 7) is 8.26. The van der Waals surface area contributed by atoms with Crippen LogP contribution < -0.4 is 10.1 Å². The third-order valence-corrected chi connectivity index (χ3v) is 2.67. The van der Waals surface area contributed by atoms with E-state index in [1.807, 2.05) is 19.9 Å². The molecule has 1 atom stereocenters. The molecule has 1 N–H and O–H groups in total. The van der Waals surface area contributed by atoms with Crippen molar-refractivity contribution in [2.75, 3.05) is 26.9 Å². The highest BCUT2D eigenvalue weighted by Crippen LogP contribution is 2.11. The first-order valence-electron chi connectivity index (χ1n) is 6.89. The highest BCUT2D eigenvalue weighted by atomic mass is 16.5. The van der Waals surface area contributed by atoms with E-state index >= 15 is 0 Å². The van der Waals surface area contributed by atoms with Gasteiger partial charge in [0.25, 0.3) is 0 Å². The van der Waals surface area contributed by atoms with Crippen molar-refractivity contribution in [3.05, 3.63) is 17.6 Å². The fourth-order valence-corrected chi connectivity index (χ4v) is 1.92. The molecular formula is C14H25N3O2. The minimum Gasteiger partial charge on any atom is -0.478 e. The molecule has 0 aliphatic heterocycles. The van der Waals surface area contributed by atoms with Crippen LogP contribution in [0.5, 0.6) is 5.88 Å². The highest BCUT2D eigenvalue weighted by molar-refractivity contribution is 5.17. The number of nitrogens with one attached hydrogen (secondary N) is 1. The van der Waals surface area contributed by atoms with Gasteiger partial charge in [0.2, 0.25) is 5.88 Å². The largest absolute Gasteiger partial charge is 0.478 e. The zero-order valence-electron chi connectivity index (χ0n) is 12.4. The molecule has 1 aromatic heterocycles. The molecule has 0 saturated carbocycles. The third kappa shape index (κ3) is 5.98. The van der Waals surface area contributed by atoms with Crippen molar-refractivity contribution in [1.29, 1.82) is 0 Å². The van der Waals surface area contributed by atoms with Crippen molar-refractivity contribution in [1.82, 2.24) is 15.3 Å². The van der Waals surface area contributed by atoms with Gasteiger partial charge in [-0.3, -0.25) is 0 Å². The van der Waals surface area contributed by atoms with Gasteiger partial charge in [-0.05, 0) is 26.8 Å². The van der Waals surface area contributed by atoms with E-state index in [4.69, 9.17) is 9.47 Å². The molecule has 1 rings (SSSR count). The number of hydrogen-bond acceptors (Lipinski definition) is 5. The van der Waals surface area contributed by atoms with E-state index < -0.39 is 0 Å². The van der Waals surface area contributed by atoms with E-state index in [2.05, 4.69) is 22.2 Å². The molecule has 0 bridgehead atoms. The molecule has 19 heavy (non-hydrogen) atoms. The highest BCUT2D eigenvalue weighted by Gasteiger charge is 2.11. The van der Waals surface area contributed by atoms with E-state index in [0.717, 1.165) is 30.9 Å². The van der Waals surface area contributed by atoms with Crippen LogP contribution in [-0.2, 0) is 11.2 Å². The van der Waals surface area contributed by atoms with Crippen LogP contribution in [0.1, 0.15) is 31.8 Å². The van der Waals surface area contributed by atoms with Crippen LogP contribution in [0.3, 0.4) is 0 Å².